The number of aryl methyl sites for hydroxylation is 1. The summed E-state index contributed by atoms with van der Waals surface area (Å²) in [6, 6.07) is 6.62. The van der Waals surface area contributed by atoms with E-state index in [0.29, 0.717) is 13.2 Å². The molecule has 6 nitrogen and oxygen atoms in total. The van der Waals surface area contributed by atoms with Crippen LogP contribution in [0.5, 0.6) is 0 Å². The zero-order chi connectivity index (χ0) is 19.8. The van der Waals surface area contributed by atoms with Crippen LogP contribution in [0.2, 0.25) is 0 Å². The Labute approximate surface area is 166 Å². The van der Waals surface area contributed by atoms with Crippen molar-refractivity contribution in [3.8, 4) is 0 Å². The van der Waals surface area contributed by atoms with Gasteiger partial charge in [-0.2, -0.15) is 5.10 Å². The van der Waals surface area contributed by atoms with Crippen molar-refractivity contribution in [1.82, 2.24) is 19.2 Å². The van der Waals surface area contributed by atoms with Crippen LogP contribution in [0.3, 0.4) is 0 Å². The number of aliphatic hydroxyl groups excluding tert-OH is 1. The molecular weight excluding hydrogens is 352 g/mol. The van der Waals surface area contributed by atoms with Gasteiger partial charge in [0.25, 0.3) is 0 Å². The third-order valence-electron chi connectivity index (χ3n) is 5.74. The van der Waals surface area contributed by atoms with E-state index in [1.807, 2.05) is 20.0 Å². The van der Waals surface area contributed by atoms with Crippen molar-refractivity contribution < 1.29 is 9.84 Å². The van der Waals surface area contributed by atoms with Crippen LogP contribution in [0, 0.1) is 6.92 Å². The van der Waals surface area contributed by atoms with E-state index in [2.05, 4.69) is 46.7 Å². The van der Waals surface area contributed by atoms with Gasteiger partial charge in [-0.25, -0.2) is 4.68 Å². The van der Waals surface area contributed by atoms with Crippen LogP contribution in [0.4, 0.5) is 0 Å². The topological polar surface area (TPSA) is 55.5 Å². The lowest BCUT2D eigenvalue weighted by molar-refractivity contribution is 0.0157. The number of aromatic nitrogens is 3. The first-order chi connectivity index (χ1) is 13.5. The number of benzene rings is 1. The first-order valence-corrected chi connectivity index (χ1v) is 10.1. The number of rotatable bonds is 6. The van der Waals surface area contributed by atoms with E-state index >= 15 is 0 Å². The van der Waals surface area contributed by atoms with Crippen molar-refractivity contribution >= 4 is 10.9 Å². The van der Waals surface area contributed by atoms with Gasteiger partial charge in [-0.1, -0.05) is 11.6 Å². The molecule has 0 saturated heterocycles. The van der Waals surface area contributed by atoms with Gasteiger partial charge in [-0.15, -0.1) is 0 Å². The second kappa shape index (κ2) is 7.70. The van der Waals surface area contributed by atoms with Crippen molar-refractivity contribution in [2.24, 2.45) is 0 Å². The molecule has 1 aliphatic rings. The number of nitrogens with zero attached hydrogens (tertiary/aromatic N) is 4. The van der Waals surface area contributed by atoms with Crippen LogP contribution in [-0.4, -0.2) is 44.6 Å². The SMILES string of the molecule is CCOC(C)n1cc(C(O)Cn2c3c(c4cc(C)ccc42)CN(C)CC3)cn1. The van der Waals surface area contributed by atoms with Gasteiger partial charge in [0.05, 0.1) is 18.8 Å². The first kappa shape index (κ1) is 19.2. The highest BCUT2D eigenvalue weighted by Gasteiger charge is 2.24. The Hall–Kier alpha value is -2.15. The maximum absolute atomic E-state index is 11.0. The summed E-state index contributed by atoms with van der Waals surface area (Å²) in [5.41, 5.74) is 6.06. The minimum Gasteiger partial charge on any atom is -0.386 e. The molecule has 2 unspecified atom stereocenters. The largest absolute Gasteiger partial charge is 0.386 e. The summed E-state index contributed by atoms with van der Waals surface area (Å²) in [6.07, 6.45) is 3.90. The van der Waals surface area contributed by atoms with Gasteiger partial charge in [0.1, 0.15) is 6.23 Å². The number of likely N-dealkylation sites (N-methyl/N-ethyl adjacent to an activating group) is 1. The molecule has 4 rings (SSSR count). The highest BCUT2D eigenvalue weighted by Crippen LogP contribution is 2.33. The molecule has 0 amide bonds. The molecule has 0 fully saturated rings. The van der Waals surface area contributed by atoms with Crippen molar-refractivity contribution in [3.05, 3.63) is 53.0 Å². The maximum atomic E-state index is 11.0. The van der Waals surface area contributed by atoms with Crippen molar-refractivity contribution in [3.63, 3.8) is 0 Å². The number of hydrogen-bond acceptors (Lipinski definition) is 4. The zero-order valence-electron chi connectivity index (χ0n) is 17.2. The lowest BCUT2D eigenvalue weighted by atomic mass is 10.0. The third-order valence-corrected chi connectivity index (χ3v) is 5.74. The van der Waals surface area contributed by atoms with Crippen molar-refractivity contribution in [2.75, 3.05) is 20.2 Å². The van der Waals surface area contributed by atoms with E-state index in [-0.39, 0.29) is 6.23 Å². The van der Waals surface area contributed by atoms with Crippen LogP contribution in [0.25, 0.3) is 10.9 Å². The lowest BCUT2D eigenvalue weighted by Crippen LogP contribution is -2.27. The lowest BCUT2D eigenvalue weighted by Gasteiger charge is -2.25. The summed E-state index contributed by atoms with van der Waals surface area (Å²) in [7, 11) is 2.17. The first-order valence-electron chi connectivity index (χ1n) is 10.1. The highest BCUT2D eigenvalue weighted by molar-refractivity contribution is 5.86. The summed E-state index contributed by atoms with van der Waals surface area (Å²) >= 11 is 0. The monoisotopic (exact) mass is 382 g/mol. The standard InChI is InChI=1S/C22H30N4O2/c1-5-28-16(3)26-12-17(11-23-26)22(27)14-25-20-7-6-15(2)10-18(20)19-13-24(4)9-8-21(19)25/h6-7,10-12,16,22,27H,5,8-9,13-14H2,1-4H3. The molecule has 0 bridgehead atoms. The molecule has 150 valence electrons. The summed E-state index contributed by atoms with van der Waals surface area (Å²) in [4.78, 5) is 2.37. The number of fused-ring (bicyclic) bond motifs is 3. The quantitative estimate of drug-likeness (QED) is 0.710. The summed E-state index contributed by atoms with van der Waals surface area (Å²) in [6.45, 7) is 9.24. The van der Waals surface area contributed by atoms with Gasteiger partial charge in [-0.05, 0) is 45.5 Å². The van der Waals surface area contributed by atoms with Gasteiger partial charge in [0, 0.05) is 54.5 Å². The van der Waals surface area contributed by atoms with Gasteiger partial charge in [-0.3, -0.25) is 0 Å². The maximum Gasteiger partial charge on any atom is 0.147 e. The minimum absolute atomic E-state index is 0.135. The van der Waals surface area contributed by atoms with Gasteiger partial charge in [0.2, 0.25) is 0 Å². The van der Waals surface area contributed by atoms with E-state index in [1.54, 1.807) is 10.9 Å². The summed E-state index contributed by atoms with van der Waals surface area (Å²) < 4.78 is 9.67. The van der Waals surface area contributed by atoms with E-state index in [9.17, 15) is 5.11 Å². The zero-order valence-corrected chi connectivity index (χ0v) is 17.2. The number of ether oxygens (including phenoxy) is 1. The predicted molar refractivity (Wildman–Crippen MR) is 110 cm³/mol. The third kappa shape index (κ3) is 3.48. The van der Waals surface area contributed by atoms with E-state index in [1.165, 1.54) is 27.7 Å². The van der Waals surface area contributed by atoms with Crippen LogP contribution < -0.4 is 0 Å². The molecule has 2 aromatic heterocycles. The van der Waals surface area contributed by atoms with Crippen molar-refractivity contribution in [1.29, 1.82) is 0 Å². The van der Waals surface area contributed by atoms with Crippen LogP contribution in [0.1, 0.15) is 48.6 Å². The van der Waals surface area contributed by atoms with Crippen molar-refractivity contribution in [2.45, 2.75) is 52.6 Å². The molecule has 28 heavy (non-hydrogen) atoms. The minimum atomic E-state index is -0.608. The fourth-order valence-electron chi connectivity index (χ4n) is 4.23. The molecule has 1 aromatic carbocycles. The highest BCUT2D eigenvalue weighted by atomic mass is 16.5. The molecule has 0 saturated carbocycles. The summed E-state index contributed by atoms with van der Waals surface area (Å²) in [5, 5.41) is 16.6. The molecular formula is C22H30N4O2. The molecule has 1 N–H and O–H groups in total. The normalized spacial score (nSPS) is 17.0. The molecule has 0 aliphatic carbocycles. The fourth-order valence-corrected chi connectivity index (χ4v) is 4.23. The molecule has 0 radical (unpaired) electrons. The van der Waals surface area contributed by atoms with E-state index < -0.39 is 6.10 Å². The van der Waals surface area contributed by atoms with Crippen LogP contribution in [0.15, 0.2) is 30.6 Å². The number of hydrogen-bond donors (Lipinski definition) is 1. The number of aliphatic hydroxyl groups is 1. The Balaban J connectivity index is 1.66. The smallest absolute Gasteiger partial charge is 0.147 e. The predicted octanol–water partition coefficient (Wildman–Crippen LogP) is 3.42. The summed E-state index contributed by atoms with van der Waals surface area (Å²) in [5.74, 6) is 0. The second-order valence-electron chi connectivity index (χ2n) is 7.87. The Morgan fingerprint density at radius 3 is 2.93 bits per heavy atom. The molecule has 3 aromatic rings. The molecule has 1 aliphatic heterocycles. The van der Waals surface area contributed by atoms with Crippen LogP contribution >= 0.6 is 0 Å². The molecule has 2 atom stereocenters. The van der Waals surface area contributed by atoms with Gasteiger partial charge >= 0.3 is 0 Å². The molecule has 3 heterocycles. The van der Waals surface area contributed by atoms with E-state index in [4.69, 9.17) is 4.74 Å². The van der Waals surface area contributed by atoms with Gasteiger partial charge < -0.3 is 19.3 Å². The Bertz CT molecular complexity index is 974. The average molecular weight is 383 g/mol. The Morgan fingerprint density at radius 2 is 2.14 bits per heavy atom. The Kier molecular flexibility index (Phi) is 5.27. The fraction of sp³-hybridized carbons (Fsp3) is 0.500. The van der Waals surface area contributed by atoms with Gasteiger partial charge in [0.15, 0.2) is 0 Å². The average Bonchev–Trinajstić information content (AvgIpc) is 3.26. The molecule has 6 heteroatoms. The molecule has 0 spiro atoms. The van der Waals surface area contributed by atoms with E-state index in [0.717, 1.165) is 25.1 Å². The van der Waals surface area contributed by atoms with Crippen LogP contribution in [-0.2, 0) is 24.2 Å². The second-order valence-corrected chi connectivity index (χ2v) is 7.87. The Morgan fingerprint density at radius 1 is 1.32 bits per heavy atom.